The molecule has 0 spiro atoms. The van der Waals surface area contributed by atoms with Gasteiger partial charge in [0.15, 0.2) is 0 Å². The van der Waals surface area contributed by atoms with Crippen LogP contribution in [0.25, 0.3) is 0 Å². The average Bonchev–Trinajstić information content (AvgIpc) is 2.41. The van der Waals surface area contributed by atoms with Crippen LogP contribution < -0.4 is 5.73 Å². The zero-order valence-electron chi connectivity index (χ0n) is 11.2. The number of benzene rings is 1. The van der Waals surface area contributed by atoms with Gasteiger partial charge in [-0.15, -0.1) is 0 Å². The van der Waals surface area contributed by atoms with Gasteiger partial charge in [-0.25, -0.2) is 0 Å². The molecule has 0 bridgehead atoms. The van der Waals surface area contributed by atoms with Crippen LogP contribution in [0.5, 0.6) is 0 Å². The average molecular weight is 246 g/mol. The van der Waals surface area contributed by atoms with Crippen LogP contribution in [0.4, 0.5) is 0 Å². The number of likely N-dealkylation sites (N-methyl/N-ethyl adjacent to an activating group) is 1. The van der Waals surface area contributed by atoms with E-state index in [-0.39, 0.29) is 18.0 Å². The fraction of sp³-hybridized carbons (Fsp3) is 0.533. The van der Waals surface area contributed by atoms with Crippen molar-refractivity contribution >= 4 is 5.91 Å². The van der Waals surface area contributed by atoms with Gasteiger partial charge in [0.1, 0.15) is 0 Å². The number of likely N-dealkylation sites (tertiary alicyclic amines) is 1. The Labute approximate surface area is 109 Å². The molecule has 0 aliphatic carbocycles. The van der Waals surface area contributed by atoms with Crippen LogP contribution in [-0.4, -0.2) is 23.4 Å². The highest BCUT2D eigenvalue weighted by atomic mass is 16.2. The second-order valence-corrected chi connectivity index (χ2v) is 4.92. The predicted octanol–water partition coefficient (Wildman–Crippen LogP) is 2.26. The lowest BCUT2D eigenvalue weighted by atomic mass is 9.90. The Bertz CT molecular complexity index is 413. The van der Waals surface area contributed by atoms with Gasteiger partial charge in [-0.1, -0.05) is 31.2 Å². The van der Waals surface area contributed by atoms with Gasteiger partial charge < -0.3 is 10.6 Å². The lowest BCUT2D eigenvalue weighted by Gasteiger charge is -2.39. The van der Waals surface area contributed by atoms with E-state index in [1.807, 2.05) is 11.8 Å². The molecule has 0 radical (unpaired) electrons. The predicted molar refractivity (Wildman–Crippen MR) is 73.2 cm³/mol. The van der Waals surface area contributed by atoms with E-state index in [1.165, 1.54) is 5.56 Å². The zero-order valence-corrected chi connectivity index (χ0v) is 11.2. The summed E-state index contributed by atoms with van der Waals surface area (Å²) in [5.74, 6) is 0.226. The van der Waals surface area contributed by atoms with Crippen molar-refractivity contribution in [3.8, 4) is 0 Å². The van der Waals surface area contributed by atoms with E-state index in [2.05, 4.69) is 31.2 Å². The van der Waals surface area contributed by atoms with Crippen LogP contribution in [0, 0.1) is 0 Å². The largest absolute Gasteiger partial charge is 0.334 e. The maximum absolute atomic E-state index is 11.9. The molecule has 3 nitrogen and oxygen atoms in total. The topological polar surface area (TPSA) is 46.3 Å². The molecular weight excluding hydrogens is 224 g/mol. The molecular formula is C15H22N2O. The van der Waals surface area contributed by atoms with Crippen LogP contribution in [-0.2, 0) is 11.2 Å². The molecule has 1 aliphatic heterocycles. The van der Waals surface area contributed by atoms with E-state index in [4.69, 9.17) is 5.73 Å². The van der Waals surface area contributed by atoms with Gasteiger partial charge in [-0.05, 0) is 30.9 Å². The summed E-state index contributed by atoms with van der Waals surface area (Å²) in [7, 11) is 0. The Morgan fingerprint density at radius 2 is 1.94 bits per heavy atom. The number of hydrogen-bond donors (Lipinski definition) is 1. The summed E-state index contributed by atoms with van der Waals surface area (Å²) in [4.78, 5) is 13.9. The van der Waals surface area contributed by atoms with Crippen LogP contribution >= 0.6 is 0 Å². The molecule has 1 aromatic carbocycles. The number of nitrogens with two attached hydrogens (primary N) is 1. The number of carbonyl (C=O) groups excluding carboxylic acids is 1. The molecule has 2 atom stereocenters. The molecule has 1 saturated heterocycles. The van der Waals surface area contributed by atoms with Crippen LogP contribution in [0.15, 0.2) is 24.3 Å². The Kier molecular flexibility index (Phi) is 4.02. The Morgan fingerprint density at radius 3 is 2.50 bits per heavy atom. The Morgan fingerprint density at radius 1 is 1.28 bits per heavy atom. The summed E-state index contributed by atoms with van der Waals surface area (Å²) < 4.78 is 0. The highest BCUT2D eigenvalue weighted by Crippen LogP contribution is 2.30. The third kappa shape index (κ3) is 2.41. The molecule has 0 saturated carbocycles. The van der Waals surface area contributed by atoms with Gasteiger partial charge >= 0.3 is 0 Å². The van der Waals surface area contributed by atoms with E-state index in [9.17, 15) is 4.79 Å². The van der Waals surface area contributed by atoms with E-state index in [0.29, 0.717) is 6.42 Å². The number of aryl methyl sites for hydroxylation is 1. The zero-order chi connectivity index (χ0) is 13.1. The van der Waals surface area contributed by atoms with E-state index in [1.54, 1.807) is 0 Å². The minimum Gasteiger partial charge on any atom is -0.334 e. The normalized spacial score (nSPS) is 24.4. The number of piperidine rings is 1. The van der Waals surface area contributed by atoms with Crippen molar-refractivity contribution in [2.75, 3.05) is 6.54 Å². The molecule has 3 heteroatoms. The summed E-state index contributed by atoms with van der Waals surface area (Å²) in [5.41, 5.74) is 8.69. The number of hydrogen-bond acceptors (Lipinski definition) is 2. The first-order valence-corrected chi connectivity index (χ1v) is 6.81. The fourth-order valence-corrected chi connectivity index (χ4v) is 2.73. The first-order valence-electron chi connectivity index (χ1n) is 6.81. The highest BCUT2D eigenvalue weighted by Gasteiger charge is 2.33. The van der Waals surface area contributed by atoms with Gasteiger partial charge in [-0.2, -0.15) is 0 Å². The van der Waals surface area contributed by atoms with Gasteiger partial charge in [0.25, 0.3) is 0 Å². The first kappa shape index (κ1) is 13.1. The molecule has 2 unspecified atom stereocenters. The van der Waals surface area contributed by atoms with Crippen LogP contribution in [0.2, 0.25) is 0 Å². The maximum Gasteiger partial charge on any atom is 0.223 e. The van der Waals surface area contributed by atoms with Crippen molar-refractivity contribution in [3.63, 3.8) is 0 Å². The van der Waals surface area contributed by atoms with Crippen molar-refractivity contribution in [1.82, 2.24) is 4.90 Å². The van der Waals surface area contributed by atoms with Crippen molar-refractivity contribution in [1.29, 1.82) is 0 Å². The molecule has 1 aromatic rings. The van der Waals surface area contributed by atoms with Gasteiger partial charge in [0, 0.05) is 19.0 Å². The second-order valence-electron chi connectivity index (χ2n) is 4.92. The van der Waals surface area contributed by atoms with E-state index >= 15 is 0 Å². The van der Waals surface area contributed by atoms with E-state index < -0.39 is 0 Å². The van der Waals surface area contributed by atoms with Crippen LogP contribution in [0.1, 0.15) is 43.9 Å². The van der Waals surface area contributed by atoms with Crippen molar-refractivity contribution in [2.24, 2.45) is 5.73 Å². The monoisotopic (exact) mass is 246 g/mol. The number of carbonyl (C=O) groups is 1. The van der Waals surface area contributed by atoms with Gasteiger partial charge in [0.2, 0.25) is 5.91 Å². The Balaban J connectivity index is 2.29. The summed E-state index contributed by atoms with van der Waals surface area (Å²) in [6, 6.07) is 8.59. The first-order chi connectivity index (χ1) is 8.67. The minimum absolute atomic E-state index is 0.0437. The Hall–Kier alpha value is -1.35. The molecule has 2 rings (SSSR count). The highest BCUT2D eigenvalue weighted by molar-refractivity contribution is 5.77. The van der Waals surface area contributed by atoms with Gasteiger partial charge in [-0.3, -0.25) is 4.79 Å². The summed E-state index contributed by atoms with van der Waals surface area (Å²) in [5, 5.41) is 0. The standard InChI is InChI=1S/C15H22N2O/c1-3-11-5-7-12(8-6-11)15-13(16)9-10-14(18)17(15)4-2/h5-8,13,15H,3-4,9-10,16H2,1-2H3. The van der Waals surface area contributed by atoms with Crippen LogP contribution in [0.3, 0.4) is 0 Å². The lowest BCUT2D eigenvalue weighted by Crippen LogP contribution is -2.48. The molecule has 98 valence electrons. The second kappa shape index (κ2) is 5.53. The maximum atomic E-state index is 11.9. The molecule has 1 fully saturated rings. The van der Waals surface area contributed by atoms with E-state index in [0.717, 1.165) is 24.9 Å². The van der Waals surface area contributed by atoms with Crippen molar-refractivity contribution < 1.29 is 4.79 Å². The third-order valence-corrected chi connectivity index (χ3v) is 3.82. The molecule has 1 heterocycles. The third-order valence-electron chi connectivity index (χ3n) is 3.82. The molecule has 2 N–H and O–H groups in total. The van der Waals surface area contributed by atoms with Gasteiger partial charge in [0.05, 0.1) is 6.04 Å². The minimum atomic E-state index is 0.0437. The quantitative estimate of drug-likeness (QED) is 0.889. The number of nitrogens with zero attached hydrogens (tertiary/aromatic N) is 1. The smallest absolute Gasteiger partial charge is 0.223 e. The summed E-state index contributed by atoms with van der Waals surface area (Å²) in [6.07, 6.45) is 2.40. The summed E-state index contributed by atoms with van der Waals surface area (Å²) in [6.45, 7) is 4.89. The fourth-order valence-electron chi connectivity index (χ4n) is 2.73. The molecule has 18 heavy (non-hydrogen) atoms. The van der Waals surface area contributed by atoms with Crippen molar-refractivity contribution in [3.05, 3.63) is 35.4 Å². The number of amides is 1. The van der Waals surface area contributed by atoms with Crippen molar-refractivity contribution in [2.45, 2.75) is 45.2 Å². The molecule has 0 aromatic heterocycles. The summed E-state index contributed by atoms with van der Waals surface area (Å²) >= 11 is 0. The lowest BCUT2D eigenvalue weighted by molar-refractivity contribution is -0.137. The molecule has 1 aliphatic rings. The SMILES string of the molecule is CCc1ccc(C2C(N)CCC(=O)N2CC)cc1. The number of rotatable bonds is 3. The molecule has 1 amide bonds.